The van der Waals surface area contributed by atoms with Crippen LogP contribution in [0.2, 0.25) is 0 Å². The van der Waals surface area contributed by atoms with E-state index in [9.17, 15) is 10.2 Å². The van der Waals surface area contributed by atoms with E-state index in [4.69, 9.17) is 9.05 Å². The van der Waals surface area contributed by atoms with Crippen LogP contribution in [0.25, 0.3) is 0 Å². The van der Waals surface area contributed by atoms with E-state index in [1.165, 1.54) is 0 Å². The van der Waals surface area contributed by atoms with Crippen LogP contribution in [0.5, 0.6) is 0 Å². The van der Waals surface area contributed by atoms with Gasteiger partial charge >= 0.3 is 0 Å². The van der Waals surface area contributed by atoms with Crippen LogP contribution in [0.1, 0.15) is 68.2 Å². The number of hydrogen-bond acceptors (Lipinski definition) is 4. The Balaban J connectivity index is 2.09. The maximum absolute atomic E-state index is 10.9. The number of rotatable bonds is 6. The molecule has 27 heavy (non-hydrogen) atoms. The number of aliphatic hydroxyl groups excluding tert-OH is 2. The second kappa shape index (κ2) is 7.13. The first-order chi connectivity index (χ1) is 12.0. The minimum absolute atomic E-state index is 0.00200. The number of hydrogen-bond donors (Lipinski definition) is 2. The third-order valence-corrected chi connectivity index (χ3v) is 9.66. The molecule has 2 N–H and O–H groups in total. The van der Waals surface area contributed by atoms with Crippen molar-refractivity contribution in [1.82, 2.24) is 0 Å². The van der Waals surface area contributed by atoms with Gasteiger partial charge in [0.2, 0.25) is 0 Å². The van der Waals surface area contributed by atoms with Crippen molar-refractivity contribution >= 4 is 13.6 Å². The van der Waals surface area contributed by atoms with Crippen LogP contribution in [-0.2, 0) is 9.05 Å². The van der Waals surface area contributed by atoms with Gasteiger partial charge in [0.15, 0.2) is 0 Å². The van der Waals surface area contributed by atoms with E-state index in [1.807, 2.05) is 6.66 Å². The first-order valence-electron chi connectivity index (χ1n) is 10.4. The average molecular weight is 403 g/mol. The van der Waals surface area contributed by atoms with Crippen molar-refractivity contribution in [3.05, 3.63) is 0 Å². The lowest BCUT2D eigenvalue weighted by atomic mass is 9.69. The van der Waals surface area contributed by atoms with Gasteiger partial charge in [0.1, 0.15) is 7.34 Å². The van der Waals surface area contributed by atoms with Gasteiger partial charge in [0.25, 0.3) is 0 Å². The second-order valence-electron chi connectivity index (χ2n) is 11.4. The molecule has 5 heteroatoms. The summed E-state index contributed by atoms with van der Waals surface area (Å²) in [5.74, 6) is 0.781. The lowest BCUT2D eigenvalue weighted by molar-refractivity contribution is -0.0350. The summed E-state index contributed by atoms with van der Waals surface area (Å²) in [5.41, 5.74) is -0.706. The Morgan fingerprint density at radius 3 is 2.04 bits per heavy atom. The fourth-order valence-corrected chi connectivity index (χ4v) is 7.15. The molecule has 7 atom stereocenters. The predicted octanol–water partition coefficient (Wildman–Crippen LogP) is 4.80. The fourth-order valence-electron chi connectivity index (χ4n) is 5.57. The van der Waals surface area contributed by atoms with Gasteiger partial charge in [0.05, 0.1) is 18.8 Å². The third-order valence-electron chi connectivity index (χ3n) is 8.32. The molecule has 0 aromatic carbocycles. The molecule has 4 nitrogen and oxygen atoms in total. The van der Waals surface area contributed by atoms with Gasteiger partial charge < -0.3 is 19.3 Å². The molecule has 0 aliphatic heterocycles. The minimum Gasteiger partial charge on any atom is -0.396 e. The fraction of sp³-hybridized carbons (Fsp3) is 0.955. The van der Waals surface area contributed by atoms with Crippen LogP contribution in [-0.4, -0.2) is 48.6 Å². The van der Waals surface area contributed by atoms with Crippen molar-refractivity contribution in [2.45, 2.75) is 80.4 Å². The van der Waals surface area contributed by atoms with E-state index in [0.717, 1.165) is 12.8 Å². The summed E-state index contributed by atoms with van der Waals surface area (Å²) in [6.07, 6.45) is 5.77. The Morgan fingerprint density at radius 2 is 1.63 bits per heavy atom. The molecular formula is C22H43O4P. The van der Waals surface area contributed by atoms with E-state index < -0.39 is 13.4 Å². The predicted molar refractivity (Wildman–Crippen MR) is 115 cm³/mol. The Labute approximate surface area is 167 Å². The molecule has 2 saturated carbocycles. The average Bonchev–Trinajstić information content (AvgIpc) is 2.81. The second-order valence-corrected chi connectivity index (χ2v) is 13.9. The first kappa shape index (κ1) is 23.4. The molecule has 0 radical (unpaired) electrons. The summed E-state index contributed by atoms with van der Waals surface area (Å²) < 4.78 is 12.8. The van der Waals surface area contributed by atoms with Gasteiger partial charge in [-0.05, 0) is 40.9 Å². The highest BCUT2D eigenvalue weighted by Crippen LogP contribution is 2.61. The molecule has 0 spiro atoms. The Morgan fingerprint density at radius 1 is 1.07 bits per heavy atom. The van der Waals surface area contributed by atoms with Crippen molar-refractivity contribution < 1.29 is 19.3 Å². The SMILES string of the molecule is C=P(C)(OC[C@@]1(C)C[C@@H](C)C(C)(C)[C@H]1O)OC1[C@H](C)C[C@](C)(CO)C1(C)C. The normalized spacial score (nSPS) is 45.7. The van der Waals surface area contributed by atoms with Crippen molar-refractivity contribution in [2.24, 2.45) is 33.5 Å². The molecule has 0 aromatic rings. The largest absolute Gasteiger partial charge is 0.396 e. The molecule has 0 saturated heterocycles. The zero-order valence-corrected chi connectivity index (χ0v) is 19.9. The Kier molecular flexibility index (Phi) is 6.18. The summed E-state index contributed by atoms with van der Waals surface area (Å²) in [5, 5.41) is 20.9. The van der Waals surface area contributed by atoms with E-state index in [2.05, 4.69) is 61.7 Å². The maximum Gasteiger partial charge on any atom is 0.114 e. The molecule has 0 aromatic heterocycles. The van der Waals surface area contributed by atoms with Crippen molar-refractivity contribution in [3.8, 4) is 0 Å². The van der Waals surface area contributed by atoms with E-state index >= 15 is 0 Å². The van der Waals surface area contributed by atoms with Gasteiger partial charge in [-0.2, -0.15) is 0 Å². The standard InChI is InChI=1S/C22H43O4P/c1-15-11-22(8,13-23)20(5,6)17(15)26-27(9,10)25-14-21(7)12-16(2)19(3,4)18(21)24/h15-18,23-24H,9,11-14H2,1-8,10H3/t15-,16-,17?,18-,21-,22-,27?/m1/s1. The highest BCUT2D eigenvalue weighted by Gasteiger charge is 2.57. The van der Waals surface area contributed by atoms with Gasteiger partial charge in [-0.1, -0.05) is 61.7 Å². The summed E-state index contributed by atoms with van der Waals surface area (Å²) >= 11 is 0. The topological polar surface area (TPSA) is 58.9 Å². The van der Waals surface area contributed by atoms with E-state index in [-0.39, 0.29) is 34.4 Å². The summed E-state index contributed by atoms with van der Waals surface area (Å²) in [6, 6.07) is 0. The van der Waals surface area contributed by atoms with E-state index in [0.29, 0.717) is 18.4 Å². The van der Waals surface area contributed by atoms with Crippen LogP contribution in [0.15, 0.2) is 0 Å². The molecule has 2 aliphatic carbocycles. The zero-order chi connectivity index (χ0) is 21.1. The van der Waals surface area contributed by atoms with Crippen LogP contribution in [0, 0.1) is 33.5 Å². The highest BCUT2D eigenvalue weighted by atomic mass is 31.2. The summed E-state index contributed by atoms with van der Waals surface area (Å²) in [4.78, 5) is 0. The summed E-state index contributed by atoms with van der Waals surface area (Å²) in [6.45, 7) is 19.9. The highest BCUT2D eigenvalue weighted by molar-refractivity contribution is 7.63. The van der Waals surface area contributed by atoms with Crippen LogP contribution in [0.4, 0.5) is 0 Å². The van der Waals surface area contributed by atoms with Crippen LogP contribution in [0.3, 0.4) is 0 Å². The lowest BCUT2D eigenvalue weighted by Crippen LogP contribution is -2.41. The maximum atomic E-state index is 10.9. The molecule has 2 unspecified atom stereocenters. The molecule has 0 bridgehead atoms. The van der Waals surface area contributed by atoms with Crippen molar-refractivity contribution in [1.29, 1.82) is 0 Å². The Hall–Kier alpha value is 0.140. The van der Waals surface area contributed by atoms with Gasteiger partial charge in [-0.25, -0.2) is 0 Å². The van der Waals surface area contributed by atoms with Crippen molar-refractivity contribution in [3.63, 3.8) is 0 Å². The van der Waals surface area contributed by atoms with Crippen LogP contribution < -0.4 is 0 Å². The van der Waals surface area contributed by atoms with E-state index in [1.54, 1.807) is 0 Å². The van der Waals surface area contributed by atoms with Gasteiger partial charge in [0, 0.05) is 18.7 Å². The zero-order valence-electron chi connectivity index (χ0n) is 19.0. The number of aliphatic hydroxyl groups is 2. The lowest BCUT2D eigenvalue weighted by Gasteiger charge is -2.42. The van der Waals surface area contributed by atoms with Crippen molar-refractivity contribution in [2.75, 3.05) is 19.9 Å². The molecule has 160 valence electrons. The van der Waals surface area contributed by atoms with Gasteiger partial charge in [-0.15, -0.1) is 0 Å². The molecular weight excluding hydrogens is 359 g/mol. The quantitative estimate of drug-likeness (QED) is 0.627. The monoisotopic (exact) mass is 402 g/mol. The minimum atomic E-state index is -2.30. The summed E-state index contributed by atoms with van der Waals surface area (Å²) in [7, 11) is -2.30. The first-order valence-corrected chi connectivity index (χ1v) is 12.6. The smallest absolute Gasteiger partial charge is 0.114 e. The third kappa shape index (κ3) is 3.94. The molecule has 0 heterocycles. The van der Waals surface area contributed by atoms with Crippen LogP contribution >= 0.6 is 7.34 Å². The molecule has 2 rings (SSSR count). The molecule has 0 amide bonds. The molecule has 2 aliphatic rings. The Bertz CT molecular complexity index is 601. The molecule has 2 fully saturated rings. The van der Waals surface area contributed by atoms with Gasteiger partial charge in [-0.3, -0.25) is 0 Å².